The molecule has 0 atom stereocenters. The predicted octanol–water partition coefficient (Wildman–Crippen LogP) is 3.07. The topological polar surface area (TPSA) is 79.0 Å². The lowest BCUT2D eigenvalue weighted by molar-refractivity contribution is -0.117. The van der Waals surface area contributed by atoms with Gasteiger partial charge in [-0.25, -0.2) is 8.42 Å². The van der Waals surface area contributed by atoms with Crippen molar-refractivity contribution in [3.05, 3.63) is 53.6 Å². The number of benzene rings is 2. The number of para-hydroxylation sites is 2. The first kappa shape index (κ1) is 22.6. The summed E-state index contributed by atoms with van der Waals surface area (Å²) in [5.41, 5.74) is 0.635. The first-order chi connectivity index (χ1) is 14.4. The molecule has 3 rings (SSSR count). The van der Waals surface area contributed by atoms with Gasteiger partial charge in [-0.3, -0.25) is 9.69 Å². The maximum Gasteiger partial charge on any atom is 0.244 e. The van der Waals surface area contributed by atoms with Crippen LogP contribution in [0.4, 0.5) is 5.69 Å². The van der Waals surface area contributed by atoms with Gasteiger partial charge in [0.2, 0.25) is 15.9 Å². The summed E-state index contributed by atoms with van der Waals surface area (Å²) in [6.07, 6.45) is 0.879. The van der Waals surface area contributed by atoms with E-state index in [9.17, 15) is 13.2 Å². The second-order valence-electron chi connectivity index (χ2n) is 7.00. The van der Waals surface area contributed by atoms with Crippen molar-refractivity contribution in [1.29, 1.82) is 0 Å². The van der Waals surface area contributed by atoms with Crippen LogP contribution in [0.5, 0.6) is 5.75 Å². The molecule has 0 bridgehead atoms. The van der Waals surface area contributed by atoms with E-state index < -0.39 is 10.0 Å². The van der Waals surface area contributed by atoms with Gasteiger partial charge in [-0.05, 0) is 30.7 Å². The molecular formula is C21H26ClN3O4S. The van der Waals surface area contributed by atoms with Crippen LogP contribution in [0, 0.1) is 0 Å². The molecule has 1 amide bonds. The molecule has 0 radical (unpaired) electrons. The molecule has 9 heteroatoms. The largest absolute Gasteiger partial charge is 0.491 e. The Morgan fingerprint density at radius 1 is 1.07 bits per heavy atom. The minimum Gasteiger partial charge on any atom is -0.491 e. The third kappa shape index (κ3) is 5.51. The van der Waals surface area contributed by atoms with Crippen LogP contribution in [0.15, 0.2) is 53.4 Å². The molecule has 0 unspecified atom stereocenters. The number of nitrogens with zero attached hydrogens (tertiary/aromatic N) is 2. The molecule has 1 fully saturated rings. The quantitative estimate of drug-likeness (QED) is 0.667. The van der Waals surface area contributed by atoms with Gasteiger partial charge in [0.25, 0.3) is 0 Å². The lowest BCUT2D eigenvalue weighted by Crippen LogP contribution is -2.50. The summed E-state index contributed by atoms with van der Waals surface area (Å²) in [6.45, 7) is 4.31. The summed E-state index contributed by atoms with van der Waals surface area (Å²) < 4.78 is 32.7. The van der Waals surface area contributed by atoms with Gasteiger partial charge >= 0.3 is 0 Å². The summed E-state index contributed by atoms with van der Waals surface area (Å²) >= 11 is 6.07. The maximum absolute atomic E-state index is 12.8. The Labute approximate surface area is 182 Å². The smallest absolute Gasteiger partial charge is 0.244 e. The van der Waals surface area contributed by atoms with E-state index in [1.54, 1.807) is 24.3 Å². The third-order valence-corrected chi connectivity index (χ3v) is 7.17. The maximum atomic E-state index is 12.8. The van der Waals surface area contributed by atoms with E-state index in [4.69, 9.17) is 16.3 Å². The van der Waals surface area contributed by atoms with Crippen LogP contribution in [0.25, 0.3) is 0 Å². The predicted molar refractivity (Wildman–Crippen MR) is 118 cm³/mol. The highest BCUT2D eigenvalue weighted by molar-refractivity contribution is 7.89. The van der Waals surface area contributed by atoms with Gasteiger partial charge in [0.15, 0.2) is 0 Å². The summed E-state index contributed by atoms with van der Waals surface area (Å²) in [5.74, 6) is 0.480. The fourth-order valence-electron chi connectivity index (χ4n) is 3.22. The van der Waals surface area contributed by atoms with Crippen LogP contribution in [0.1, 0.15) is 13.3 Å². The van der Waals surface area contributed by atoms with E-state index in [2.05, 4.69) is 5.32 Å². The number of carbonyl (C=O) groups is 1. The SMILES string of the molecule is CCCOc1ccccc1NC(=O)CN1CCN(S(=O)(=O)c2ccccc2Cl)CC1. The monoisotopic (exact) mass is 451 g/mol. The fraction of sp³-hybridized carbons (Fsp3) is 0.381. The first-order valence-electron chi connectivity index (χ1n) is 9.90. The average Bonchev–Trinajstić information content (AvgIpc) is 2.73. The minimum atomic E-state index is -3.65. The summed E-state index contributed by atoms with van der Waals surface area (Å²) in [6, 6.07) is 13.8. The molecule has 0 saturated carbocycles. The van der Waals surface area contributed by atoms with Crippen molar-refractivity contribution >= 4 is 33.2 Å². The van der Waals surface area contributed by atoms with Crippen molar-refractivity contribution in [1.82, 2.24) is 9.21 Å². The number of hydrogen-bond donors (Lipinski definition) is 1. The van der Waals surface area contributed by atoms with E-state index in [0.29, 0.717) is 44.2 Å². The Balaban J connectivity index is 1.55. The van der Waals surface area contributed by atoms with Crippen molar-refractivity contribution in [3.63, 3.8) is 0 Å². The number of rotatable bonds is 8. The number of nitrogens with one attached hydrogen (secondary N) is 1. The van der Waals surface area contributed by atoms with Crippen molar-refractivity contribution in [2.75, 3.05) is 44.6 Å². The second-order valence-corrected chi connectivity index (χ2v) is 9.32. The molecule has 30 heavy (non-hydrogen) atoms. The molecule has 1 N–H and O–H groups in total. The highest BCUT2D eigenvalue weighted by atomic mass is 35.5. The summed E-state index contributed by atoms with van der Waals surface area (Å²) in [5, 5.41) is 3.10. The van der Waals surface area contributed by atoms with Gasteiger partial charge in [0, 0.05) is 26.2 Å². The van der Waals surface area contributed by atoms with Crippen LogP contribution >= 0.6 is 11.6 Å². The molecule has 2 aromatic rings. The van der Waals surface area contributed by atoms with E-state index in [0.717, 1.165) is 6.42 Å². The molecule has 1 heterocycles. The first-order valence-corrected chi connectivity index (χ1v) is 11.7. The van der Waals surface area contributed by atoms with Crippen molar-refractivity contribution in [2.45, 2.75) is 18.2 Å². The Morgan fingerprint density at radius 3 is 2.43 bits per heavy atom. The summed E-state index contributed by atoms with van der Waals surface area (Å²) in [4.78, 5) is 14.5. The van der Waals surface area contributed by atoms with Crippen LogP contribution in [0.2, 0.25) is 5.02 Å². The number of ether oxygens (including phenoxy) is 1. The van der Waals surface area contributed by atoms with E-state index in [-0.39, 0.29) is 22.4 Å². The highest BCUT2D eigenvalue weighted by Gasteiger charge is 2.30. The Hall–Kier alpha value is -2.13. The van der Waals surface area contributed by atoms with E-state index in [1.807, 2.05) is 30.0 Å². The molecule has 0 spiro atoms. The number of sulfonamides is 1. The number of halogens is 1. The highest BCUT2D eigenvalue weighted by Crippen LogP contribution is 2.26. The molecule has 0 aromatic heterocycles. The van der Waals surface area contributed by atoms with Crippen LogP contribution in [-0.2, 0) is 14.8 Å². The van der Waals surface area contributed by atoms with Gasteiger partial charge in [-0.2, -0.15) is 4.31 Å². The van der Waals surface area contributed by atoms with Crippen molar-refractivity contribution < 1.29 is 17.9 Å². The number of hydrogen-bond acceptors (Lipinski definition) is 5. The molecule has 1 saturated heterocycles. The van der Waals surface area contributed by atoms with E-state index >= 15 is 0 Å². The Kier molecular flexibility index (Phi) is 7.71. The molecule has 7 nitrogen and oxygen atoms in total. The van der Waals surface area contributed by atoms with Gasteiger partial charge in [0.05, 0.1) is 23.9 Å². The molecular weight excluding hydrogens is 426 g/mol. The van der Waals surface area contributed by atoms with Gasteiger partial charge in [0.1, 0.15) is 10.6 Å². The zero-order valence-electron chi connectivity index (χ0n) is 16.9. The second kappa shape index (κ2) is 10.3. The Bertz CT molecular complexity index is 976. The molecule has 1 aliphatic heterocycles. The van der Waals surface area contributed by atoms with Gasteiger partial charge in [-0.1, -0.05) is 42.8 Å². The lowest BCUT2D eigenvalue weighted by Gasteiger charge is -2.33. The van der Waals surface area contributed by atoms with Gasteiger partial charge in [-0.15, -0.1) is 0 Å². The standard InChI is InChI=1S/C21H26ClN3O4S/c1-2-15-29-19-9-5-4-8-18(19)23-21(26)16-24-11-13-25(14-12-24)30(27,28)20-10-6-3-7-17(20)22/h3-10H,2,11-16H2,1H3,(H,23,26). The van der Waals surface area contributed by atoms with Crippen molar-refractivity contribution in [2.24, 2.45) is 0 Å². The van der Waals surface area contributed by atoms with Crippen LogP contribution in [0.3, 0.4) is 0 Å². The third-order valence-electron chi connectivity index (χ3n) is 4.78. The lowest BCUT2D eigenvalue weighted by atomic mass is 10.3. The molecule has 1 aliphatic rings. The number of amides is 1. The summed E-state index contributed by atoms with van der Waals surface area (Å²) in [7, 11) is -3.65. The normalized spacial score (nSPS) is 15.7. The Morgan fingerprint density at radius 2 is 1.73 bits per heavy atom. The van der Waals surface area contributed by atoms with Crippen molar-refractivity contribution in [3.8, 4) is 5.75 Å². The average molecular weight is 452 g/mol. The molecule has 162 valence electrons. The number of carbonyl (C=O) groups excluding carboxylic acids is 1. The van der Waals surface area contributed by atoms with Crippen LogP contribution in [-0.4, -0.2) is 62.9 Å². The fourth-order valence-corrected chi connectivity index (χ4v) is 5.14. The molecule has 2 aromatic carbocycles. The number of piperazine rings is 1. The molecule has 0 aliphatic carbocycles. The zero-order chi connectivity index (χ0) is 21.6. The number of anilines is 1. The minimum absolute atomic E-state index is 0.113. The zero-order valence-corrected chi connectivity index (χ0v) is 18.5. The van der Waals surface area contributed by atoms with Crippen LogP contribution < -0.4 is 10.1 Å². The van der Waals surface area contributed by atoms with E-state index in [1.165, 1.54) is 10.4 Å². The van der Waals surface area contributed by atoms with Gasteiger partial charge < -0.3 is 10.1 Å².